The Morgan fingerprint density at radius 3 is 2.93 bits per heavy atom. The van der Waals surface area contributed by atoms with Crippen molar-refractivity contribution >= 4 is 28.9 Å². The second-order valence-electron chi connectivity index (χ2n) is 2.99. The zero-order valence-electron chi connectivity index (χ0n) is 8.42. The van der Waals surface area contributed by atoms with Crippen molar-refractivity contribution in [1.82, 2.24) is 0 Å². The van der Waals surface area contributed by atoms with Crippen molar-refractivity contribution in [2.24, 2.45) is 0 Å². The molecule has 0 radical (unpaired) electrons. The van der Waals surface area contributed by atoms with Crippen LogP contribution >= 0.6 is 11.6 Å². The molecule has 3 N–H and O–H groups in total. The third-order valence-corrected chi connectivity index (χ3v) is 2.18. The number of benzene rings is 1. The molecular formula is C10H13ClN2O2. The van der Waals surface area contributed by atoms with Gasteiger partial charge < -0.3 is 15.8 Å². The molecule has 0 aliphatic carbocycles. The predicted molar refractivity (Wildman–Crippen MR) is 61.0 cm³/mol. The molecule has 0 saturated carbocycles. The van der Waals surface area contributed by atoms with E-state index in [9.17, 15) is 4.79 Å². The monoisotopic (exact) mass is 228 g/mol. The predicted octanol–water partition coefficient (Wildman–Crippen LogP) is 1.90. The summed E-state index contributed by atoms with van der Waals surface area (Å²) in [6.07, 6.45) is 0.303. The van der Waals surface area contributed by atoms with Gasteiger partial charge in [-0.25, -0.2) is 0 Å². The normalized spacial score (nSPS) is 9.73. The molecule has 0 bridgehead atoms. The fourth-order valence-corrected chi connectivity index (χ4v) is 1.33. The molecule has 15 heavy (non-hydrogen) atoms. The summed E-state index contributed by atoms with van der Waals surface area (Å²) in [5.41, 5.74) is 6.91. The summed E-state index contributed by atoms with van der Waals surface area (Å²) in [6.45, 7) is 0.482. The number of anilines is 2. The minimum Gasteiger partial charge on any atom is -0.469 e. The van der Waals surface area contributed by atoms with E-state index in [2.05, 4.69) is 10.1 Å². The minimum atomic E-state index is -0.255. The number of nitrogen functional groups attached to an aromatic ring is 1. The Balaban J connectivity index is 2.47. The number of nitrogens with two attached hydrogens (primary N) is 1. The van der Waals surface area contributed by atoms with Gasteiger partial charge in [0.15, 0.2) is 0 Å². The summed E-state index contributed by atoms with van der Waals surface area (Å²) in [6, 6.07) is 5.17. The summed E-state index contributed by atoms with van der Waals surface area (Å²) in [5, 5.41) is 3.56. The fourth-order valence-electron chi connectivity index (χ4n) is 1.08. The van der Waals surface area contributed by atoms with Gasteiger partial charge in [-0.3, -0.25) is 4.79 Å². The molecule has 4 nitrogen and oxygen atoms in total. The number of nitrogens with one attached hydrogen (secondary N) is 1. The fraction of sp³-hybridized carbons (Fsp3) is 0.300. The van der Waals surface area contributed by atoms with E-state index >= 15 is 0 Å². The van der Waals surface area contributed by atoms with Crippen LogP contribution in [-0.4, -0.2) is 19.6 Å². The molecule has 0 heterocycles. The van der Waals surface area contributed by atoms with Crippen LogP contribution in [-0.2, 0) is 9.53 Å². The van der Waals surface area contributed by atoms with Crippen LogP contribution in [0.25, 0.3) is 0 Å². The van der Waals surface area contributed by atoms with Gasteiger partial charge in [0.25, 0.3) is 0 Å². The summed E-state index contributed by atoms with van der Waals surface area (Å²) < 4.78 is 4.51. The van der Waals surface area contributed by atoms with E-state index in [0.717, 1.165) is 5.69 Å². The molecule has 0 unspecified atom stereocenters. The number of hydrogen-bond acceptors (Lipinski definition) is 4. The molecule has 0 aliphatic heterocycles. The highest BCUT2D eigenvalue weighted by atomic mass is 35.5. The zero-order chi connectivity index (χ0) is 11.3. The Morgan fingerprint density at radius 2 is 2.33 bits per heavy atom. The highest BCUT2D eigenvalue weighted by molar-refractivity contribution is 6.33. The van der Waals surface area contributed by atoms with Crippen LogP contribution in [0, 0.1) is 0 Å². The maximum Gasteiger partial charge on any atom is 0.307 e. The van der Waals surface area contributed by atoms with E-state index in [0.29, 0.717) is 23.7 Å². The van der Waals surface area contributed by atoms with Crippen molar-refractivity contribution in [3.8, 4) is 0 Å². The van der Waals surface area contributed by atoms with Crippen LogP contribution in [0.3, 0.4) is 0 Å². The Bertz CT molecular complexity index is 355. The average molecular weight is 229 g/mol. The zero-order valence-corrected chi connectivity index (χ0v) is 9.17. The van der Waals surface area contributed by atoms with Crippen LogP contribution in [0.2, 0.25) is 5.02 Å². The summed E-state index contributed by atoms with van der Waals surface area (Å²) >= 11 is 5.92. The van der Waals surface area contributed by atoms with Gasteiger partial charge in [0.05, 0.1) is 24.2 Å². The second-order valence-corrected chi connectivity index (χ2v) is 3.40. The van der Waals surface area contributed by atoms with E-state index in [1.165, 1.54) is 7.11 Å². The summed E-state index contributed by atoms with van der Waals surface area (Å²) in [7, 11) is 1.36. The third-order valence-electron chi connectivity index (χ3n) is 1.87. The van der Waals surface area contributed by atoms with Crippen LogP contribution < -0.4 is 11.1 Å². The molecule has 0 aliphatic rings. The van der Waals surface area contributed by atoms with Gasteiger partial charge in [-0.1, -0.05) is 11.6 Å². The van der Waals surface area contributed by atoms with Crippen LogP contribution in [0.5, 0.6) is 0 Å². The molecule has 0 atom stereocenters. The first-order valence-electron chi connectivity index (χ1n) is 4.49. The van der Waals surface area contributed by atoms with Gasteiger partial charge in [0.2, 0.25) is 0 Å². The smallest absolute Gasteiger partial charge is 0.307 e. The van der Waals surface area contributed by atoms with Gasteiger partial charge in [-0.2, -0.15) is 0 Å². The molecule has 1 aromatic rings. The van der Waals surface area contributed by atoms with E-state index < -0.39 is 0 Å². The molecule has 0 fully saturated rings. The number of esters is 1. The lowest BCUT2D eigenvalue weighted by Crippen LogP contribution is -2.09. The van der Waals surface area contributed by atoms with Crippen molar-refractivity contribution in [2.75, 3.05) is 24.7 Å². The number of carbonyl (C=O) groups excluding carboxylic acids is 1. The van der Waals surface area contributed by atoms with E-state index in [-0.39, 0.29) is 5.97 Å². The SMILES string of the molecule is COC(=O)CCNc1ccc(N)cc1Cl. The first kappa shape index (κ1) is 11.7. The lowest BCUT2D eigenvalue weighted by Gasteiger charge is -2.07. The van der Waals surface area contributed by atoms with Crippen LogP contribution in [0.4, 0.5) is 11.4 Å². The van der Waals surface area contributed by atoms with Gasteiger partial charge >= 0.3 is 5.97 Å². The van der Waals surface area contributed by atoms with Gasteiger partial charge in [0.1, 0.15) is 0 Å². The standard InChI is InChI=1S/C10H13ClN2O2/c1-15-10(14)4-5-13-9-3-2-7(12)6-8(9)11/h2-3,6,13H,4-5,12H2,1H3. The molecule has 0 aromatic heterocycles. The van der Waals surface area contributed by atoms with Crippen molar-refractivity contribution in [1.29, 1.82) is 0 Å². The number of halogens is 1. The molecule has 1 rings (SSSR count). The number of carbonyl (C=O) groups is 1. The third kappa shape index (κ3) is 3.67. The van der Waals surface area contributed by atoms with Crippen molar-refractivity contribution < 1.29 is 9.53 Å². The van der Waals surface area contributed by atoms with E-state index in [1.54, 1.807) is 18.2 Å². The van der Waals surface area contributed by atoms with E-state index in [4.69, 9.17) is 17.3 Å². The number of hydrogen-bond donors (Lipinski definition) is 2. The highest BCUT2D eigenvalue weighted by Crippen LogP contribution is 2.23. The van der Waals surface area contributed by atoms with Crippen molar-refractivity contribution in [3.05, 3.63) is 23.2 Å². The van der Waals surface area contributed by atoms with E-state index in [1.807, 2.05) is 0 Å². The maximum absolute atomic E-state index is 10.8. The lowest BCUT2D eigenvalue weighted by molar-refractivity contribution is -0.140. The van der Waals surface area contributed by atoms with Crippen molar-refractivity contribution in [3.63, 3.8) is 0 Å². The Kier molecular flexibility index (Phi) is 4.24. The largest absolute Gasteiger partial charge is 0.469 e. The van der Waals surface area contributed by atoms with Crippen LogP contribution in [0.15, 0.2) is 18.2 Å². The highest BCUT2D eigenvalue weighted by Gasteiger charge is 2.02. The maximum atomic E-state index is 10.8. The minimum absolute atomic E-state index is 0.255. The molecule has 0 spiro atoms. The Labute approximate surface area is 93.4 Å². The van der Waals surface area contributed by atoms with Gasteiger partial charge in [-0.15, -0.1) is 0 Å². The lowest BCUT2D eigenvalue weighted by atomic mass is 10.3. The molecular weight excluding hydrogens is 216 g/mol. The van der Waals surface area contributed by atoms with Crippen molar-refractivity contribution in [2.45, 2.75) is 6.42 Å². The molecule has 5 heteroatoms. The Hall–Kier alpha value is -1.42. The summed E-state index contributed by atoms with van der Waals surface area (Å²) in [5.74, 6) is -0.255. The van der Waals surface area contributed by atoms with Gasteiger partial charge in [-0.05, 0) is 18.2 Å². The first-order chi connectivity index (χ1) is 7.13. The quantitative estimate of drug-likeness (QED) is 0.610. The molecule has 82 valence electrons. The number of methoxy groups -OCH3 is 1. The molecule has 0 amide bonds. The summed E-state index contributed by atoms with van der Waals surface area (Å²) in [4.78, 5) is 10.8. The Morgan fingerprint density at radius 1 is 1.60 bits per heavy atom. The topological polar surface area (TPSA) is 64.3 Å². The van der Waals surface area contributed by atoms with Gasteiger partial charge in [0, 0.05) is 12.2 Å². The number of rotatable bonds is 4. The first-order valence-corrected chi connectivity index (χ1v) is 4.87. The number of ether oxygens (including phenoxy) is 1. The second kappa shape index (κ2) is 5.46. The average Bonchev–Trinajstić information content (AvgIpc) is 2.21. The van der Waals surface area contributed by atoms with Crippen LogP contribution in [0.1, 0.15) is 6.42 Å². The molecule has 1 aromatic carbocycles. The molecule has 0 saturated heterocycles.